The van der Waals surface area contributed by atoms with E-state index in [9.17, 15) is 22.8 Å². The van der Waals surface area contributed by atoms with Crippen LogP contribution in [0.3, 0.4) is 0 Å². The van der Waals surface area contributed by atoms with Gasteiger partial charge in [-0.25, -0.2) is 4.52 Å². The number of nitrogens with one attached hydrogen (secondary N) is 1. The predicted molar refractivity (Wildman–Crippen MR) is 115 cm³/mol. The maximum Gasteiger partial charge on any atom is 0.416 e. The summed E-state index contributed by atoms with van der Waals surface area (Å²) in [6.45, 7) is -0.427. The molecule has 4 rings (SSSR count). The SMILES string of the molecule is O=C(Cn1ccn2nc(-c3ccc(Cl)cc3)cc2c1=O)Nc1cc(C(F)(F)F)ccc1Cl. The van der Waals surface area contributed by atoms with Crippen LogP contribution in [0.4, 0.5) is 18.9 Å². The first-order valence-corrected chi connectivity index (χ1v) is 9.89. The van der Waals surface area contributed by atoms with Crippen molar-refractivity contribution in [2.75, 3.05) is 5.32 Å². The van der Waals surface area contributed by atoms with E-state index >= 15 is 0 Å². The Labute approximate surface area is 188 Å². The minimum Gasteiger partial charge on any atom is -0.323 e. The molecule has 0 atom stereocenters. The Morgan fingerprint density at radius 3 is 2.44 bits per heavy atom. The standard InChI is InChI=1S/C21H13Cl2F3N4O2/c22-14-4-1-12(2-5-14)16-10-18-20(32)29(7-8-30(18)28-16)11-19(31)27-17-9-13(21(24,25)26)3-6-15(17)23/h1-10H,11H2,(H,27,31). The highest BCUT2D eigenvalue weighted by atomic mass is 35.5. The Bertz CT molecular complexity index is 1380. The van der Waals surface area contributed by atoms with Crippen LogP contribution in [0.15, 0.2) is 65.7 Å². The lowest BCUT2D eigenvalue weighted by Gasteiger charge is -2.12. The van der Waals surface area contributed by atoms with Crippen molar-refractivity contribution in [1.82, 2.24) is 14.2 Å². The third kappa shape index (κ3) is 4.49. The monoisotopic (exact) mass is 480 g/mol. The summed E-state index contributed by atoms with van der Waals surface area (Å²) in [5, 5.41) is 7.16. The summed E-state index contributed by atoms with van der Waals surface area (Å²) >= 11 is 11.8. The molecule has 1 N–H and O–H groups in total. The van der Waals surface area contributed by atoms with E-state index in [-0.39, 0.29) is 16.2 Å². The number of benzene rings is 2. The number of aromatic nitrogens is 3. The van der Waals surface area contributed by atoms with E-state index in [1.807, 2.05) is 0 Å². The van der Waals surface area contributed by atoms with Crippen molar-refractivity contribution in [3.63, 3.8) is 0 Å². The Balaban J connectivity index is 1.58. The van der Waals surface area contributed by atoms with Gasteiger partial charge in [-0.1, -0.05) is 35.3 Å². The molecule has 32 heavy (non-hydrogen) atoms. The average molecular weight is 481 g/mol. The second-order valence-electron chi connectivity index (χ2n) is 6.84. The summed E-state index contributed by atoms with van der Waals surface area (Å²) in [6, 6.07) is 11.1. The largest absolute Gasteiger partial charge is 0.416 e. The fourth-order valence-electron chi connectivity index (χ4n) is 3.05. The molecule has 0 radical (unpaired) electrons. The van der Waals surface area contributed by atoms with Crippen LogP contribution in [0.1, 0.15) is 5.56 Å². The fraction of sp³-hybridized carbons (Fsp3) is 0.0952. The zero-order chi connectivity index (χ0) is 23.0. The lowest BCUT2D eigenvalue weighted by atomic mass is 10.1. The molecule has 2 heterocycles. The summed E-state index contributed by atoms with van der Waals surface area (Å²) in [5.74, 6) is -0.713. The van der Waals surface area contributed by atoms with Crippen molar-refractivity contribution in [1.29, 1.82) is 0 Å². The van der Waals surface area contributed by atoms with E-state index in [1.165, 1.54) is 16.9 Å². The topological polar surface area (TPSA) is 68.4 Å². The number of hydrogen-bond donors (Lipinski definition) is 1. The van der Waals surface area contributed by atoms with Crippen LogP contribution in [-0.4, -0.2) is 20.1 Å². The first-order valence-electron chi connectivity index (χ1n) is 9.13. The zero-order valence-electron chi connectivity index (χ0n) is 16.0. The summed E-state index contributed by atoms with van der Waals surface area (Å²) in [6.07, 6.45) is -1.72. The Morgan fingerprint density at radius 2 is 1.75 bits per heavy atom. The van der Waals surface area contributed by atoms with E-state index in [1.54, 1.807) is 30.3 Å². The lowest BCUT2D eigenvalue weighted by Crippen LogP contribution is -2.28. The maximum atomic E-state index is 12.9. The van der Waals surface area contributed by atoms with Gasteiger partial charge in [0.05, 0.1) is 22.0 Å². The molecule has 0 aliphatic carbocycles. The number of hydrogen-bond acceptors (Lipinski definition) is 3. The highest BCUT2D eigenvalue weighted by molar-refractivity contribution is 6.33. The van der Waals surface area contributed by atoms with E-state index in [2.05, 4.69) is 10.4 Å². The number of carbonyl (C=O) groups is 1. The summed E-state index contributed by atoms with van der Waals surface area (Å²) < 4.78 is 41.2. The minimum absolute atomic E-state index is 0.0578. The fourth-order valence-corrected chi connectivity index (χ4v) is 3.35. The van der Waals surface area contributed by atoms with Gasteiger partial charge in [0.15, 0.2) is 0 Å². The number of nitrogens with zero attached hydrogens (tertiary/aromatic N) is 3. The van der Waals surface area contributed by atoms with Crippen molar-refractivity contribution in [2.45, 2.75) is 12.7 Å². The molecule has 0 bridgehead atoms. The number of fused-ring (bicyclic) bond motifs is 1. The molecule has 2 aromatic carbocycles. The molecule has 0 spiro atoms. The molecular formula is C21H13Cl2F3N4O2. The van der Waals surface area contributed by atoms with Gasteiger partial charge >= 0.3 is 6.18 Å². The van der Waals surface area contributed by atoms with E-state index in [0.29, 0.717) is 10.7 Å². The van der Waals surface area contributed by atoms with Crippen LogP contribution in [0.2, 0.25) is 10.0 Å². The minimum atomic E-state index is -4.59. The Hall–Kier alpha value is -3.30. The van der Waals surface area contributed by atoms with Crippen molar-refractivity contribution < 1.29 is 18.0 Å². The highest BCUT2D eigenvalue weighted by Gasteiger charge is 2.31. The van der Waals surface area contributed by atoms with Crippen molar-refractivity contribution in [2.24, 2.45) is 0 Å². The molecule has 0 fully saturated rings. The molecule has 1 amide bonds. The molecule has 4 aromatic rings. The van der Waals surface area contributed by atoms with Gasteiger partial charge in [-0.2, -0.15) is 18.3 Å². The lowest BCUT2D eigenvalue weighted by molar-refractivity contribution is -0.137. The quantitative estimate of drug-likeness (QED) is 0.440. The number of rotatable bonds is 4. The number of anilines is 1. The molecule has 11 heteroatoms. The van der Waals surface area contributed by atoms with Crippen LogP contribution in [0, 0.1) is 0 Å². The van der Waals surface area contributed by atoms with Crippen molar-refractivity contribution in [3.05, 3.63) is 86.9 Å². The van der Waals surface area contributed by atoms with Gasteiger partial charge in [-0.05, 0) is 36.4 Å². The zero-order valence-corrected chi connectivity index (χ0v) is 17.5. The van der Waals surface area contributed by atoms with Gasteiger partial charge in [0.25, 0.3) is 5.56 Å². The number of amides is 1. The van der Waals surface area contributed by atoms with Gasteiger partial charge in [0.2, 0.25) is 5.91 Å². The third-order valence-electron chi connectivity index (χ3n) is 4.63. The molecule has 0 unspecified atom stereocenters. The normalized spacial score (nSPS) is 11.7. The van der Waals surface area contributed by atoms with Crippen LogP contribution in [-0.2, 0) is 17.5 Å². The molecule has 164 valence electrons. The van der Waals surface area contributed by atoms with Crippen LogP contribution < -0.4 is 10.9 Å². The van der Waals surface area contributed by atoms with E-state index in [0.717, 1.165) is 28.3 Å². The van der Waals surface area contributed by atoms with Gasteiger partial charge in [0, 0.05) is 23.0 Å². The van der Waals surface area contributed by atoms with Crippen LogP contribution >= 0.6 is 23.2 Å². The van der Waals surface area contributed by atoms with E-state index < -0.39 is 29.8 Å². The summed E-state index contributed by atoms with van der Waals surface area (Å²) in [7, 11) is 0. The molecule has 2 aromatic heterocycles. The third-order valence-corrected chi connectivity index (χ3v) is 5.21. The molecule has 0 saturated heterocycles. The second-order valence-corrected chi connectivity index (χ2v) is 7.68. The number of halogens is 5. The maximum absolute atomic E-state index is 12.9. The molecule has 0 aliphatic heterocycles. The first-order chi connectivity index (χ1) is 15.1. The number of carbonyl (C=O) groups excluding carboxylic acids is 1. The molecule has 6 nitrogen and oxygen atoms in total. The van der Waals surface area contributed by atoms with Crippen molar-refractivity contribution in [3.8, 4) is 11.3 Å². The molecular weight excluding hydrogens is 468 g/mol. The van der Waals surface area contributed by atoms with Crippen LogP contribution in [0.25, 0.3) is 16.8 Å². The highest BCUT2D eigenvalue weighted by Crippen LogP contribution is 2.33. The average Bonchev–Trinajstić information content (AvgIpc) is 3.16. The van der Waals surface area contributed by atoms with Gasteiger partial charge in [-0.3, -0.25) is 9.59 Å². The van der Waals surface area contributed by atoms with E-state index in [4.69, 9.17) is 23.2 Å². The summed E-state index contributed by atoms with van der Waals surface area (Å²) in [4.78, 5) is 25.2. The number of alkyl halides is 3. The molecule has 0 aliphatic rings. The van der Waals surface area contributed by atoms with Crippen LogP contribution in [0.5, 0.6) is 0 Å². The van der Waals surface area contributed by atoms with Crippen molar-refractivity contribution >= 4 is 40.3 Å². The first kappa shape index (κ1) is 21.9. The predicted octanol–water partition coefficient (Wildman–Crippen LogP) is 5.13. The van der Waals surface area contributed by atoms with Gasteiger partial charge in [0.1, 0.15) is 12.1 Å². The summed E-state index contributed by atoms with van der Waals surface area (Å²) in [5.41, 5.74) is -0.134. The Kier molecular flexibility index (Phi) is 5.70. The second kappa shape index (κ2) is 8.33. The Morgan fingerprint density at radius 1 is 1.03 bits per heavy atom. The smallest absolute Gasteiger partial charge is 0.323 e. The van der Waals surface area contributed by atoms with Gasteiger partial charge in [-0.15, -0.1) is 0 Å². The van der Waals surface area contributed by atoms with Gasteiger partial charge < -0.3 is 9.88 Å². The molecule has 0 saturated carbocycles.